The van der Waals surface area contributed by atoms with Crippen LogP contribution in [0.5, 0.6) is 0 Å². The molecule has 634 valence electrons. The van der Waals surface area contributed by atoms with E-state index in [0.717, 1.165) is 50.4 Å². The Kier molecular flexibility index (Phi) is 33.7. The minimum atomic E-state index is -0.640. The molecule has 0 aliphatic rings. The number of benzene rings is 1. The maximum Gasteiger partial charge on any atom is 0.291 e. The minimum absolute atomic E-state index is 0.00662. The summed E-state index contributed by atoms with van der Waals surface area (Å²) in [6.45, 7) is 12.4. The van der Waals surface area contributed by atoms with Crippen molar-refractivity contribution in [2.24, 2.45) is 35.2 Å². The van der Waals surface area contributed by atoms with Crippen LogP contribution in [0.25, 0.3) is 33.3 Å². The van der Waals surface area contributed by atoms with Gasteiger partial charge >= 0.3 is 0 Å². The fourth-order valence-corrected chi connectivity index (χ4v) is 12.3. The van der Waals surface area contributed by atoms with Crippen molar-refractivity contribution < 1.29 is 85.6 Å². The fourth-order valence-electron chi connectivity index (χ4n) is 12.3. The van der Waals surface area contributed by atoms with Crippen LogP contribution in [0.3, 0.4) is 0 Å². The molecule has 0 saturated heterocycles. The molecule has 0 unspecified atom stereocenters. The molecule has 9 amide bonds. The van der Waals surface area contributed by atoms with Gasteiger partial charge in [0.05, 0.1) is 146 Å². The molecular formula is C80H101N21O18. The molecule has 0 aliphatic heterocycles. The van der Waals surface area contributed by atoms with E-state index in [1.54, 1.807) is 58.4 Å². The third-order valence-electron chi connectivity index (χ3n) is 18.3. The van der Waals surface area contributed by atoms with Gasteiger partial charge in [-0.2, -0.15) is 0 Å². The lowest BCUT2D eigenvalue weighted by molar-refractivity contribution is -0.121. The van der Waals surface area contributed by atoms with Crippen molar-refractivity contribution in [3.8, 4) is 22.3 Å². The molecule has 10 rings (SSSR count). The first-order chi connectivity index (χ1) is 57.6. The van der Waals surface area contributed by atoms with Gasteiger partial charge in [0, 0.05) is 165 Å². The van der Waals surface area contributed by atoms with Gasteiger partial charge in [0.25, 0.3) is 35.4 Å². The third kappa shape index (κ3) is 26.4. The average Bonchev–Trinajstić information content (AvgIpc) is 1.61. The van der Waals surface area contributed by atoms with Crippen LogP contribution in [0.1, 0.15) is 113 Å². The number of hydrogen-bond acceptors (Lipinski definition) is 24. The summed E-state index contributed by atoms with van der Waals surface area (Å²) in [5.41, 5.74) is 8.75. The smallest absolute Gasteiger partial charge is 0.291 e. The Bertz CT molecular complexity index is 5040. The number of nitrogens with zero attached hydrogens (tertiary/aromatic N) is 12. The second kappa shape index (κ2) is 45.2. The molecule has 9 heterocycles. The maximum absolute atomic E-state index is 13.3. The molecule has 10 aromatic rings. The molecular weight excluding hydrogens is 1540 g/mol. The predicted molar refractivity (Wildman–Crippen MR) is 435 cm³/mol. The van der Waals surface area contributed by atoms with Gasteiger partial charge in [-0.1, -0.05) is 23.4 Å². The van der Waals surface area contributed by atoms with Crippen LogP contribution in [0, 0.1) is 13.8 Å². The SMILES string of the molecule is Cc1noc(C)c1-c1cnc2c(-c3ccc(C(=O)NCCOCCOCCOCCOCCOCCOCCOCCOCCNC(=O)CCNC(=O)c4nc(NC(=O)CCNC(=O)c5cc(NC(=O)c6nc(NC(=O)CCNC(=O)c7cc(NC(=O)c8nccn8C)cn7C)cn6C)cn5C)cn4C)cc3)cn([C@@H](C)c3ccccn3)c2c1. The van der Waals surface area contributed by atoms with Crippen LogP contribution in [0.15, 0.2) is 121 Å². The molecule has 0 aliphatic carbocycles. The first-order valence-corrected chi connectivity index (χ1v) is 38.6. The molecule has 1 aromatic carbocycles. The van der Waals surface area contributed by atoms with Crippen molar-refractivity contribution in [2.45, 2.75) is 46.1 Å². The highest BCUT2D eigenvalue weighted by atomic mass is 16.6. The highest BCUT2D eigenvalue weighted by Crippen LogP contribution is 2.37. The largest absolute Gasteiger partial charge is 0.377 e. The Morgan fingerprint density at radius 1 is 0.429 bits per heavy atom. The molecule has 0 bridgehead atoms. The van der Waals surface area contributed by atoms with E-state index in [4.69, 9.17) is 47.4 Å². The lowest BCUT2D eigenvalue weighted by Gasteiger charge is -2.15. The van der Waals surface area contributed by atoms with E-state index in [9.17, 15) is 43.2 Å². The number of ether oxygens (including phenoxy) is 8. The van der Waals surface area contributed by atoms with E-state index < -0.39 is 41.4 Å². The molecule has 0 saturated carbocycles. The van der Waals surface area contributed by atoms with E-state index in [1.807, 2.05) is 62.5 Å². The van der Waals surface area contributed by atoms with Gasteiger partial charge in [-0.05, 0) is 68.8 Å². The number of aromatic nitrogens is 12. The van der Waals surface area contributed by atoms with E-state index in [1.165, 1.54) is 55.2 Å². The van der Waals surface area contributed by atoms with Crippen LogP contribution in [-0.4, -0.2) is 249 Å². The van der Waals surface area contributed by atoms with Gasteiger partial charge in [0.2, 0.25) is 29.4 Å². The normalized spacial score (nSPS) is 11.5. The first-order valence-electron chi connectivity index (χ1n) is 38.6. The van der Waals surface area contributed by atoms with Crippen molar-refractivity contribution in [1.82, 2.24) is 84.1 Å². The van der Waals surface area contributed by atoms with Crippen LogP contribution in [0.4, 0.5) is 23.0 Å². The number of nitrogens with one attached hydrogen (secondary N) is 9. The lowest BCUT2D eigenvalue weighted by Crippen LogP contribution is -2.33. The Morgan fingerprint density at radius 2 is 0.899 bits per heavy atom. The van der Waals surface area contributed by atoms with Crippen molar-refractivity contribution >= 4 is 87.2 Å². The Balaban J connectivity index is 0.471. The second-order valence-electron chi connectivity index (χ2n) is 27.2. The number of fused-ring (bicyclic) bond motifs is 1. The summed E-state index contributed by atoms with van der Waals surface area (Å²) in [6.07, 6.45) is 14.5. The molecule has 0 spiro atoms. The van der Waals surface area contributed by atoms with Gasteiger partial charge in [0.15, 0.2) is 17.5 Å². The number of rotatable bonds is 50. The Hall–Kier alpha value is -12.6. The maximum atomic E-state index is 13.3. The van der Waals surface area contributed by atoms with Gasteiger partial charge in [0.1, 0.15) is 17.1 Å². The highest BCUT2D eigenvalue weighted by Gasteiger charge is 2.25. The standard InChI is InChI=1S/C80H101N21O18/c1-52-70(54(3)119-95-52)57-43-62-71(88-46-57)60(49-101(62)53(2)61-11-9-10-19-81-61)55-12-14-56(15-13-55)75(105)87-25-28-112-30-32-114-34-36-116-38-40-118-42-41-117-39-37-115-35-33-113-31-29-111-27-24-82-67(102)16-20-86-78(108)73-93-65(50-99(73)7)91-68(103)17-21-85-77(107)64-45-59(48-98(64)6)90-80(110)74-94-66(51-100(74)8)92-69(104)18-22-84-76(106)63-44-58(47-97(63)5)89-79(109)72-83-23-26-96(72)4/h9-15,19,23,26,43-51,53H,16-18,20-22,24-25,27-42H2,1-8H3,(H,82,102)(H,84,106)(H,85,107)(H,86,108)(H,87,105)(H,89,109)(H,90,110)(H,91,103)(H,92,104)/t53-/m0/s1. The molecule has 9 N–H and O–H groups in total. The van der Waals surface area contributed by atoms with Crippen LogP contribution < -0.4 is 47.9 Å². The summed E-state index contributed by atoms with van der Waals surface area (Å²) >= 11 is 0. The number of aryl methyl sites for hydroxylation is 7. The fraction of sp³-hybridized carbons (Fsp3) is 0.412. The number of amides is 9. The number of carbonyl (C=O) groups is 9. The Labute approximate surface area is 685 Å². The summed E-state index contributed by atoms with van der Waals surface area (Å²) in [5, 5.41) is 28.4. The number of hydrogen-bond donors (Lipinski definition) is 9. The third-order valence-corrected chi connectivity index (χ3v) is 18.3. The minimum Gasteiger partial charge on any atom is -0.377 e. The van der Waals surface area contributed by atoms with Gasteiger partial charge in [-0.3, -0.25) is 53.1 Å². The Morgan fingerprint density at radius 3 is 1.38 bits per heavy atom. The zero-order valence-corrected chi connectivity index (χ0v) is 67.7. The topological polar surface area (TPSA) is 456 Å². The average molecular weight is 1640 g/mol. The van der Waals surface area contributed by atoms with E-state index >= 15 is 0 Å². The summed E-state index contributed by atoms with van der Waals surface area (Å²) in [6, 6.07) is 18.3. The summed E-state index contributed by atoms with van der Waals surface area (Å²) in [5.74, 6) is -3.13. The summed E-state index contributed by atoms with van der Waals surface area (Å²) in [4.78, 5) is 138. The second-order valence-corrected chi connectivity index (χ2v) is 27.2. The number of pyridine rings is 2. The molecule has 1 atom stereocenters. The summed E-state index contributed by atoms with van der Waals surface area (Å²) in [7, 11) is 8.04. The van der Waals surface area contributed by atoms with E-state index in [2.05, 4.69) is 96.7 Å². The lowest BCUT2D eigenvalue weighted by atomic mass is 10.0. The van der Waals surface area contributed by atoms with Crippen LogP contribution in [-0.2, 0) is 87.5 Å². The molecule has 119 heavy (non-hydrogen) atoms. The van der Waals surface area contributed by atoms with E-state index in [0.29, 0.717) is 117 Å². The zero-order valence-electron chi connectivity index (χ0n) is 67.7. The molecule has 0 fully saturated rings. The van der Waals surface area contributed by atoms with Crippen molar-refractivity contribution in [1.29, 1.82) is 0 Å². The molecule has 39 nitrogen and oxygen atoms in total. The van der Waals surface area contributed by atoms with Crippen LogP contribution >= 0.6 is 0 Å². The van der Waals surface area contributed by atoms with Crippen molar-refractivity contribution in [3.05, 3.63) is 168 Å². The van der Waals surface area contributed by atoms with Gasteiger partial charge in [-0.15, -0.1) is 0 Å². The monoisotopic (exact) mass is 1640 g/mol. The van der Waals surface area contributed by atoms with Gasteiger partial charge in [-0.25, -0.2) is 15.0 Å². The first kappa shape index (κ1) is 88.7. The summed E-state index contributed by atoms with van der Waals surface area (Å²) < 4.78 is 59.6. The van der Waals surface area contributed by atoms with Gasteiger partial charge < -0.3 is 118 Å². The number of carbonyl (C=O) groups excluding carboxylic acids is 9. The molecule has 39 heteroatoms. The van der Waals surface area contributed by atoms with Crippen molar-refractivity contribution in [2.75, 3.05) is 160 Å². The number of imidazole rings is 3. The zero-order chi connectivity index (χ0) is 84.6. The van der Waals surface area contributed by atoms with E-state index in [-0.39, 0.29) is 116 Å². The molecule has 0 radical (unpaired) electrons. The highest BCUT2D eigenvalue weighted by molar-refractivity contribution is 6.05. The van der Waals surface area contributed by atoms with Crippen molar-refractivity contribution in [3.63, 3.8) is 0 Å². The van der Waals surface area contributed by atoms with Crippen LogP contribution in [0.2, 0.25) is 0 Å². The quantitative estimate of drug-likeness (QED) is 0.0234. The number of anilines is 4. The predicted octanol–water partition coefficient (Wildman–Crippen LogP) is 4.68. The molecule has 9 aromatic heterocycles.